The van der Waals surface area contributed by atoms with E-state index in [0.29, 0.717) is 11.0 Å². The summed E-state index contributed by atoms with van der Waals surface area (Å²) >= 11 is 0. The van der Waals surface area contributed by atoms with E-state index in [-0.39, 0.29) is 34.5 Å². The smallest absolute Gasteiger partial charge is 0.349 e. The van der Waals surface area contributed by atoms with Crippen LogP contribution in [0.25, 0.3) is 22.6 Å². The van der Waals surface area contributed by atoms with Crippen LogP contribution in [-0.2, 0) is 6.54 Å². The second kappa shape index (κ2) is 10.3. The zero-order valence-corrected chi connectivity index (χ0v) is 16.2. The summed E-state index contributed by atoms with van der Waals surface area (Å²) in [7, 11) is 0. The predicted octanol–water partition coefficient (Wildman–Crippen LogP) is -4.20. The second-order valence-corrected chi connectivity index (χ2v) is 6.50. The van der Waals surface area contributed by atoms with E-state index in [0.717, 1.165) is 11.1 Å². The van der Waals surface area contributed by atoms with Gasteiger partial charge in [-0.15, -0.1) is 0 Å². The van der Waals surface area contributed by atoms with Crippen molar-refractivity contribution in [3.8, 4) is 11.5 Å². The Kier molecular flexibility index (Phi) is 9.35. The highest BCUT2D eigenvalue weighted by atomic mass is 16.4. The SMILES string of the molecule is Cc1cc2nc3c(=O)[nH]c(=O)nc-3n(C[C@@H](O)[C@@H](O)[C@@H](O)CO)c2cc1C.O.O.O. The first-order valence-electron chi connectivity index (χ1n) is 8.29. The van der Waals surface area contributed by atoms with Crippen LogP contribution in [-0.4, -0.2) is 81.3 Å². The molecule has 11 N–H and O–H groups in total. The molecular formula is C17H26N4O9. The van der Waals surface area contributed by atoms with Gasteiger partial charge in [0.1, 0.15) is 18.3 Å². The van der Waals surface area contributed by atoms with Crippen molar-refractivity contribution in [3.05, 3.63) is 44.1 Å². The normalized spacial score (nSPS) is 13.7. The Hall–Kier alpha value is -2.78. The van der Waals surface area contributed by atoms with Crippen LogP contribution < -0.4 is 11.2 Å². The summed E-state index contributed by atoms with van der Waals surface area (Å²) in [6.45, 7) is 2.73. The summed E-state index contributed by atoms with van der Waals surface area (Å²) in [5, 5.41) is 38.8. The lowest BCUT2D eigenvalue weighted by molar-refractivity contribution is -0.0802. The molecule has 1 aromatic carbocycles. The third-order valence-corrected chi connectivity index (χ3v) is 4.57. The van der Waals surface area contributed by atoms with Crippen LogP contribution in [0, 0.1) is 13.8 Å². The molecule has 0 radical (unpaired) electrons. The molecule has 0 unspecified atom stereocenters. The number of rotatable bonds is 5. The molecule has 0 amide bonds. The van der Waals surface area contributed by atoms with E-state index in [1.807, 2.05) is 13.8 Å². The van der Waals surface area contributed by atoms with Gasteiger partial charge in [-0.25, -0.2) is 9.78 Å². The number of benzene rings is 1. The number of aromatic nitrogens is 4. The second-order valence-electron chi connectivity index (χ2n) is 6.50. The van der Waals surface area contributed by atoms with E-state index in [9.17, 15) is 24.9 Å². The van der Waals surface area contributed by atoms with Crippen LogP contribution in [0.1, 0.15) is 11.1 Å². The van der Waals surface area contributed by atoms with Crippen LogP contribution in [0.15, 0.2) is 21.7 Å². The monoisotopic (exact) mass is 430 g/mol. The molecule has 1 aromatic rings. The lowest BCUT2D eigenvalue weighted by atomic mass is 10.1. The fourth-order valence-corrected chi connectivity index (χ4v) is 2.89. The zero-order chi connectivity index (χ0) is 19.9. The summed E-state index contributed by atoms with van der Waals surface area (Å²) < 4.78 is 1.40. The summed E-state index contributed by atoms with van der Waals surface area (Å²) in [5.41, 5.74) is 1.11. The molecule has 2 aliphatic heterocycles. The summed E-state index contributed by atoms with van der Waals surface area (Å²) in [4.78, 5) is 34.0. The minimum Gasteiger partial charge on any atom is -0.412 e. The number of aliphatic hydroxyl groups excluding tert-OH is 4. The summed E-state index contributed by atoms with van der Waals surface area (Å²) in [6, 6.07) is 3.53. The number of aliphatic hydroxyl groups is 4. The Morgan fingerprint density at radius 1 is 1.00 bits per heavy atom. The topological polar surface area (TPSA) is 256 Å². The van der Waals surface area contributed by atoms with Crippen LogP contribution in [0.5, 0.6) is 0 Å². The molecule has 0 spiro atoms. The number of H-pyrrole nitrogens is 1. The Labute approximate surface area is 169 Å². The molecule has 168 valence electrons. The summed E-state index contributed by atoms with van der Waals surface area (Å²) in [5.74, 6) is -0.0516. The third-order valence-electron chi connectivity index (χ3n) is 4.57. The predicted molar refractivity (Wildman–Crippen MR) is 106 cm³/mol. The van der Waals surface area contributed by atoms with Gasteiger partial charge in [-0.1, -0.05) is 0 Å². The highest BCUT2D eigenvalue weighted by Gasteiger charge is 2.27. The van der Waals surface area contributed by atoms with Gasteiger partial charge in [0, 0.05) is 0 Å². The molecule has 0 saturated heterocycles. The maximum atomic E-state index is 12.2. The van der Waals surface area contributed by atoms with E-state index in [1.54, 1.807) is 12.1 Å². The minimum atomic E-state index is -1.64. The lowest BCUT2D eigenvalue weighted by Gasteiger charge is -2.25. The standard InChI is InChI=1S/C17H20N4O6.3H2O/c1-7-3-9-10(4-8(7)2)21(5-11(23)14(25)12(24)6-22)15-13(18-9)16(26)20-17(27)19-15;;;/h3-4,11-12,14,22-25H,5-6H2,1-2H3,(H,20,26,27);3*1H2/t11-,12+,14-;;;/m1.../s1. The number of hydrogen-bond donors (Lipinski definition) is 5. The van der Waals surface area contributed by atoms with Gasteiger partial charge in [0.2, 0.25) is 0 Å². The van der Waals surface area contributed by atoms with E-state index in [4.69, 9.17) is 5.11 Å². The fraction of sp³-hybridized carbons (Fsp3) is 0.412. The average Bonchev–Trinajstić information content (AvgIpc) is 2.62. The Morgan fingerprint density at radius 3 is 2.20 bits per heavy atom. The Morgan fingerprint density at radius 2 is 1.60 bits per heavy atom. The molecule has 13 nitrogen and oxygen atoms in total. The van der Waals surface area contributed by atoms with Gasteiger partial charge in [-0.05, 0) is 37.1 Å². The van der Waals surface area contributed by atoms with Crippen molar-refractivity contribution in [1.82, 2.24) is 19.5 Å². The highest BCUT2D eigenvalue weighted by molar-refractivity contribution is 5.81. The number of fused-ring (bicyclic) bond motifs is 2. The first kappa shape index (κ1) is 27.2. The molecule has 0 bridgehead atoms. The van der Waals surface area contributed by atoms with Gasteiger partial charge in [-0.3, -0.25) is 9.78 Å². The van der Waals surface area contributed by atoms with E-state index >= 15 is 0 Å². The average molecular weight is 430 g/mol. The minimum absolute atomic E-state index is 0. The molecule has 2 aliphatic rings. The quantitative estimate of drug-likeness (QED) is 0.247. The van der Waals surface area contributed by atoms with Crippen LogP contribution in [0.3, 0.4) is 0 Å². The Bertz CT molecular complexity index is 1080. The molecular weight excluding hydrogens is 404 g/mol. The first-order valence-corrected chi connectivity index (χ1v) is 8.29. The van der Waals surface area contributed by atoms with Crippen molar-refractivity contribution in [2.45, 2.75) is 38.7 Å². The van der Waals surface area contributed by atoms with Gasteiger partial charge in [-0.2, -0.15) is 4.98 Å². The molecule has 13 heteroatoms. The van der Waals surface area contributed by atoms with Crippen molar-refractivity contribution in [2.75, 3.05) is 6.61 Å². The Balaban J connectivity index is 0.00000280. The highest BCUT2D eigenvalue weighted by Crippen LogP contribution is 2.24. The van der Waals surface area contributed by atoms with Gasteiger partial charge >= 0.3 is 5.69 Å². The maximum Gasteiger partial charge on any atom is 0.349 e. The van der Waals surface area contributed by atoms with Gasteiger partial charge in [0.05, 0.1) is 24.2 Å². The first-order chi connectivity index (χ1) is 12.7. The van der Waals surface area contributed by atoms with Crippen LogP contribution in [0.4, 0.5) is 0 Å². The molecule has 3 atom stereocenters. The zero-order valence-electron chi connectivity index (χ0n) is 16.2. The van der Waals surface area contributed by atoms with Gasteiger partial charge < -0.3 is 41.4 Å². The van der Waals surface area contributed by atoms with Crippen LogP contribution in [0.2, 0.25) is 0 Å². The van der Waals surface area contributed by atoms with Gasteiger partial charge in [0.25, 0.3) is 5.56 Å². The maximum absolute atomic E-state index is 12.2. The number of hydrogen-bond acceptors (Lipinski definition) is 8. The third kappa shape index (κ3) is 4.85. The lowest BCUT2D eigenvalue weighted by Crippen LogP contribution is -2.42. The van der Waals surface area contributed by atoms with E-state index in [1.165, 1.54) is 4.57 Å². The molecule has 2 heterocycles. The van der Waals surface area contributed by atoms with Gasteiger partial charge in [0.15, 0.2) is 11.5 Å². The van der Waals surface area contributed by atoms with E-state index < -0.39 is 36.2 Å². The molecule has 0 aliphatic carbocycles. The van der Waals surface area contributed by atoms with Crippen molar-refractivity contribution < 1.29 is 36.9 Å². The molecule has 30 heavy (non-hydrogen) atoms. The van der Waals surface area contributed by atoms with Crippen LogP contribution >= 0.6 is 0 Å². The number of aromatic amines is 1. The molecule has 3 rings (SSSR count). The largest absolute Gasteiger partial charge is 0.412 e. The molecule has 0 saturated carbocycles. The van der Waals surface area contributed by atoms with Crippen molar-refractivity contribution in [2.24, 2.45) is 0 Å². The fourth-order valence-electron chi connectivity index (χ4n) is 2.89. The number of nitrogens with one attached hydrogen (secondary N) is 1. The summed E-state index contributed by atoms with van der Waals surface area (Å²) in [6.07, 6.45) is -4.68. The van der Waals surface area contributed by atoms with Crippen molar-refractivity contribution in [1.29, 1.82) is 0 Å². The molecule has 0 aromatic heterocycles. The van der Waals surface area contributed by atoms with E-state index in [2.05, 4.69) is 15.0 Å². The number of aryl methyl sites for hydroxylation is 2. The van der Waals surface area contributed by atoms with Crippen molar-refractivity contribution in [3.63, 3.8) is 0 Å². The number of nitrogens with zero attached hydrogens (tertiary/aromatic N) is 3. The van der Waals surface area contributed by atoms with Crippen molar-refractivity contribution >= 4 is 11.0 Å². The molecule has 0 fully saturated rings.